The first-order valence-corrected chi connectivity index (χ1v) is 7.25. The highest BCUT2D eigenvalue weighted by atomic mass is 35.5. The molecule has 0 radical (unpaired) electrons. The molecule has 0 amide bonds. The van der Waals surface area contributed by atoms with Crippen LogP contribution in [0.2, 0.25) is 0 Å². The molecule has 2 aromatic carbocycles. The number of hydrogen-bond acceptors (Lipinski definition) is 2. The van der Waals surface area contributed by atoms with E-state index in [9.17, 15) is 13.2 Å². The summed E-state index contributed by atoms with van der Waals surface area (Å²) in [6.07, 6.45) is -3.55. The second-order valence-electron chi connectivity index (χ2n) is 4.62. The number of alkyl halides is 4. The normalized spacial score (nSPS) is 11.3. The van der Waals surface area contributed by atoms with Crippen LogP contribution in [0.25, 0.3) is 0 Å². The zero-order valence-electron chi connectivity index (χ0n) is 11.7. The maximum atomic E-state index is 12.5. The lowest BCUT2D eigenvalue weighted by Gasteiger charge is -2.10. The molecule has 1 N–H and O–H groups in total. The first-order chi connectivity index (χ1) is 10.5. The highest BCUT2D eigenvalue weighted by Gasteiger charge is 2.29. The molecular weight excluding hydrogens is 315 g/mol. The number of nitrogens with one attached hydrogen (secondary N) is 1. The molecule has 118 valence electrons. The van der Waals surface area contributed by atoms with Gasteiger partial charge in [0.05, 0.1) is 12.2 Å². The summed E-state index contributed by atoms with van der Waals surface area (Å²) in [5.74, 6) is 1.27. The van der Waals surface area contributed by atoms with Gasteiger partial charge < -0.3 is 10.1 Å². The molecule has 0 bridgehead atoms. The Bertz CT molecular complexity index is 582. The van der Waals surface area contributed by atoms with Gasteiger partial charge in [0, 0.05) is 17.3 Å². The van der Waals surface area contributed by atoms with Crippen LogP contribution in [0.3, 0.4) is 0 Å². The summed E-state index contributed by atoms with van der Waals surface area (Å²) in [5.41, 5.74) is 0.689. The van der Waals surface area contributed by atoms with Crippen molar-refractivity contribution in [1.82, 2.24) is 0 Å². The van der Waals surface area contributed by atoms with Crippen molar-refractivity contribution in [1.29, 1.82) is 0 Å². The van der Waals surface area contributed by atoms with E-state index in [0.29, 0.717) is 18.2 Å². The highest BCUT2D eigenvalue weighted by Crippen LogP contribution is 2.30. The van der Waals surface area contributed by atoms with Crippen LogP contribution in [0, 0.1) is 0 Å². The molecule has 0 atom stereocenters. The predicted octanol–water partition coefficient (Wildman–Crippen LogP) is 5.46. The summed E-state index contributed by atoms with van der Waals surface area (Å²) in [5, 5.41) is 3.03. The largest absolute Gasteiger partial charge is 0.494 e. The van der Waals surface area contributed by atoms with E-state index in [1.54, 1.807) is 24.3 Å². The lowest BCUT2D eigenvalue weighted by Crippen LogP contribution is -2.04. The van der Waals surface area contributed by atoms with Crippen LogP contribution >= 0.6 is 11.6 Å². The Morgan fingerprint density at radius 1 is 0.909 bits per heavy atom. The summed E-state index contributed by atoms with van der Waals surface area (Å²) >= 11 is 5.56. The van der Waals surface area contributed by atoms with Crippen molar-refractivity contribution >= 4 is 23.0 Å². The highest BCUT2D eigenvalue weighted by molar-refractivity contribution is 6.17. The van der Waals surface area contributed by atoms with Crippen LogP contribution in [0.1, 0.15) is 12.0 Å². The van der Waals surface area contributed by atoms with Crippen molar-refractivity contribution in [3.63, 3.8) is 0 Å². The van der Waals surface area contributed by atoms with Crippen LogP contribution < -0.4 is 10.1 Å². The summed E-state index contributed by atoms with van der Waals surface area (Å²) in [7, 11) is 0. The van der Waals surface area contributed by atoms with Gasteiger partial charge in [-0.1, -0.05) is 0 Å². The number of benzene rings is 2. The van der Waals surface area contributed by atoms with Gasteiger partial charge in [0.25, 0.3) is 0 Å². The monoisotopic (exact) mass is 329 g/mol. The number of anilines is 2. The van der Waals surface area contributed by atoms with Gasteiger partial charge in [0.15, 0.2) is 0 Å². The molecule has 6 heteroatoms. The number of rotatable bonds is 6. The third-order valence-corrected chi connectivity index (χ3v) is 3.17. The lowest BCUT2D eigenvalue weighted by molar-refractivity contribution is -0.137. The summed E-state index contributed by atoms with van der Waals surface area (Å²) in [6, 6.07) is 12.1. The van der Waals surface area contributed by atoms with Gasteiger partial charge in [0.1, 0.15) is 5.75 Å². The van der Waals surface area contributed by atoms with Gasteiger partial charge in [0.2, 0.25) is 0 Å². The quantitative estimate of drug-likeness (QED) is 0.561. The van der Waals surface area contributed by atoms with Crippen molar-refractivity contribution in [2.24, 2.45) is 0 Å². The first kappa shape index (κ1) is 16.5. The molecule has 0 aromatic heterocycles. The van der Waals surface area contributed by atoms with E-state index in [1.807, 2.05) is 0 Å². The van der Waals surface area contributed by atoms with Crippen LogP contribution in [0.4, 0.5) is 24.5 Å². The molecule has 0 aliphatic carbocycles. The van der Waals surface area contributed by atoms with E-state index in [-0.39, 0.29) is 0 Å². The van der Waals surface area contributed by atoms with Gasteiger partial charge in [-0.2, -0.15) is 13.2 Å². The van der Waals surface area contributed by atoms with Gasteiger partial charge in [-0.25, -0.2) is 0 Å². The third kappa shape index (κ3) is 4.84. The van der Waals surface area contributed by atoms with Crippen LogP contribution in [-0.2, 0) is 6.18 Å². The molecule has 2 aromatic rings. The summed E-state index contributed by atoms with van der Waals surface area (Å²) < 4.78 is 42.9. The zero-order valence-corrected chi connectivity index (χ0v) is 12.4. The van der Waals surface area contributed by atoms with Gasteiger partial charge in [-0.15, -0.1) is 11.6 Å². The Kier molecular flexibility index (Phi) is 5.55. The summed E-state index contributed by atoms with van der Waals surface area (Å²) in [6.45, 7) is 0.551. The fraction of sp³-hybridized carbons (Fsp3) is 0.250. The van der Waals surface area contributed by atoms with Crippen molar-refractivity contribution in [2.75, 3.05) is 17.8 Å². The molecule has 22 heavy (non-hydrogen) atoms. The maximum Gasteiger partial charge on any atom is 0.416 e. The van der Waals surface area contributed by atoms with E-state index in [0.717, 1.165) is 30.0 Å². The molecule has 0 unspecified atom stereocenters. The molecule has 0 spiro atoms. The minimum atomic E-state index is -4.32. The maximum absolute atomic E-state index is 12.5. The lowest BCUT2D eigenvalue weighted by atomic mass is 10.2. The van der Waals surface area contributed by atoms with Crippen LogP contribution in [0.15, 0.2) is 48.5 Å². The Morgan fingerprint density at radius 3 is 1.95 bits per heavy atom. The summed E-state index contributed by atoms with van der Waals surface area (Å²) in [4.78, 5) is 0. The minimum absolute atomic E-state index is 0.549. The average molecular weight is 330 g/mol. The van der Waals surface area contributed by atoms with Gasteiger partial charge in [-0.05, 0) is 55.0 Å². The van der Waals surface area contributed by atoms with Crippen molar-refractivity contribution in [3.8, 4) is 5.75 Å². The second kappa shape index (κ2) is 7.40. The molecule has 0 fully saturated rings. The third-order valence-electron chi connectivity index (χ3n) is 2.90. The predicted molar refractivity (Wildman–Crippen MR) is 82.0 cm³/mol. The smallest absolute Gasteiger partial charge is 0.416 e. The Balaban J connectivity index is 1.96. The van der Waals surface area contributed by atoms with Crippen molar-refractivity contribution in [3.05, 3.63) is 54.1 Å². The topological polar surface area (TPSA) is 21.3 Å². The Hall–Kier alpha value is -1.88. The van der Waals surface area contributed by atoms with Crippen molar-refractivity contribution < 1.29 is 17.9 Å². The average Bonchev–Trinajstić information content (AvgIpc) is 2.49. The van der Waals surface area contributed by atoms with Crippen LogP contribution in [-0.4, -0.2) is 12.5 Å². The molecular formula is C16H15ClF3NO. The molecule has 2 nitrogen and oxygen atoms in total. The van der Waals surface area contributed by atoms with E-state index < -0.39 is 11.7 Å². The molecule has 0 aliphatic heterocycles. The fourth-order valence-corrected chi connectivity index (χ4v) is 1.90. The molecule has 0 aliphatic rings. The second-order valence-corrected chi connectivity index (χ2v) is 4.99. The zero-order chi connectivity index (χ0) is 16.0. The number of halogens is 4. The number of hydrogen-bond donors (Lipinski definition) is 1. The first-order valence-electron chi connectivity index (χ1n) is 6.72. The molecule has 0 saturated carbocycles. The van der Waals surface area contributed by atoms with Gasteiger partial charge in [-0.3, -0.25) is 0 Å². The molecule has 2 rings (SSSR count). The van der Waals surface area contributed by atoms with E-state index in [1.165, 1.54) is 12.1 Å². The van der Waals surface area contributed by atoms with E-state index in [2.05, 4.69) is 5.32 Å². The van der Waals surface area contributed by atoms with Crippen LogP contribution in [0.5, 0.6) is 5.75 Å². The molecule has 0 saturated heterocycles. The van der Waals surface area contributed by atoms with E-state index in [4.69, 9.17) is 16.3 Å². The fourth-order valence-electron chi connectivity index (χ4n) is 1.79. The standard InChI is InChI=1S/C16H15ClF3NO/c17-10-1-11-22-15-8-6-14(7-9-15)21-13-4-2-12(3-5-13)16(18,19)20/h2-9,21H,1,10-11H2. The molecule has 0 heterocycles. The van der Waals surface area contributed by atoms with E-state index >= 15 is 0 Å². The number of ether oxygens (including phenoxy) is 1. The SMILES string of the molecule is FC(F)(F)c1ccc(Nc2ccc(OCCCCl)cc2)cc1. The van der Waals surface area contributed by atoms with Gasteiger partial charge >= 0.3 is 6.18 Å². The Labute approximate surface area is 131 Å². The van der Waals surface area contributed by atoms with Crippen molar-refractivity contribution in [2.45, 2.75) is 12.6 Å². The minimum Gasteiger partial charge on any atom is -0.494 e. The Morgan fingerprint density at radius 2 is 1.45 bits per heavy atom.